The van der Waals surface area contributed by atoms with Crippen molar-refractivity contribution in [2.24, 2.45) is 0 Å². The highest BCUT2D eigenvalue weighted by Crippen LogP contribution is 2.34. The van der Waals surface area contributed by atoms with E-state index in [1.54, 1.807) is 36.4 Å². The third-order valence-electron chi connectivity index (χ3n) is 3.81. The van der Waals surface area contributed by atoms with E-state index in [0.717, 1.165) is 0 Å². The number of halogens is 1. The molecule has 0 atom stereocenters. The number of rotatable bonds is 6. The smallest absolute Gasteiger partial charge is 0.322 e. The summed E-state index contributed by atoms with van der Waals surface area (Å²) in [5, 5.41) is 22.4. The average molecular weight is 403 g/mol. The van der Waals surface area contributed by atoms with E-state index in [2.05, 4.69) is 10.3 Å². The Morgan fingerprint density at radius 1 is 1.18 bits per heavy atom. The summed E-state index contributed by atoms with van der Waals surface area (Å²) in [6, 6.07) is 9.80. The Hall–Kier alpha value is -3.52. The highest BCUT2D eigenvalue weighted by molar-refractivity contribution is 6.32. The van der Waals surface area contributed by atoms with Gasteiger partial charge in [-0.1, -0.05) is 11.6 Å². The molecule has 0 saturated heterocycles. The van der Waals surface area contributed by atoms with Crippen LogP contribution in [0.2, 0.25) is 5.02 Å². The SMILES string of the molecule is COc1ccc(Oc2ccc3c(O)c(C(=O)NCC(=O)O)ncc3c2)cc1Cl. The molecule has 0 aliphatic rings. The number of nitrogens with zero attached hydrogens (tertiary/aromatic N) is 1. The van der Waals surface area contributed by atoms with E-state index >= 15 is 0 Å². The maximum Gasteiger partial charge on any atom is 0.322 e. The van der Waals surface area contributed by atoms with Crippen molar-refractivity contribution in [3.05, 3.63) is 53.3 Å². The minimum absolute atomic E-state index is 0.260. The van der Waals surface area contributed by atoms with Crippen LogP contribution >= 0.6 is 11.6 Å². The minimum atomic E-state index is -1.20. The number of fused-ring (bicyclic) bond motifs is 1. The number of nitrogens with one attached hydrogen (secondary N) is 1. The quantitative estimate of drug-likeness (QED) is 0.579. The van der Waals surface area contributed by atoms with E-state index in [1.807, 2.05) is 0 Å². The fourth-order valence-electron chi connectivity index (χ4n) is 2.50. The number of hydrogen-bond donors (Lipinski definition) is 3. The number of carbonyl (C=O) groups is 2. The number of amides is 1. The van der Waals surface area contributed by atoms with Gasteiger partial charge in [-0.3, -0.25) is 9.59 Å². The van der Waals surface area contributed by atoms with Crippen molar-refractivity contribution in [1.82, 2.24) is 10.3 Å². The van der Waals surface area contributed by atoms with Gasteiger partial charge < -0.3 is 25.0 Å². The maximum absolute atomic E-state index is 12.0. The Morgan fingerprint density at radius 3 is 2.57 bits per heavy atom. The van der Waals surface area contributed by atoms with Gasteiger partial charge in [-0.05, 0) is 30.3 Å². The number of ether oxygens (including phenoxy) is 2. The van der Waals surface area contributed by atoms with E-state index in [1.165, 1.54) is 13.3 Å². The summed E-state index contributed by atoms with van der Waals surface area (Å²) in [6.45, 7) is -0.574. The zero-order valence-electron chi connectivity index (χ0n) is 14.6. The molecule has 2 aromatic carbocycles. The lowest BCUT2D eigenvalue weighted by atomic mass is 10.1. The van der Waals surface area contributed by atoms with Crippen LogP contribution in [-0.2, 0) is 4.79 Å². The van der Waals surface area contributed by atoms with Crippen LogP contribution in [0.15, 0.2) is 42.6 Å². The minimum Gasteiger partial charge on any atom is -0.505 e. The third kappa shape index (κ3) is 4.07. The van der Waals surface area contributed by atoms with Crippen LogP contribution in [0, 0.1) is 0 Å². The van der Waals surface area contributed by atoms with Crippen molar-refractivity contribution in [2.75, 3.05) is 13.7 Å². The van der Waals surface area contributed by atoms with Crippen LogP contribution in [-0.4, -0.2) is 40.7 Å². The van der Waals surface area contributed by atoms with Crippen molar-refractivity contribution < 1.29 is 29.3 Å². The molecule has 0 aliphatic carbocycles. The monoisotopic (exact) mass is 402 g/mol. The van der Waals surface area contributed by atoms with Gasteiger partial charge in [0, 0.05) is 23.0 Å². The second-order valence-corrected chi connectivity index (χ2v) is 6.09. The molecule has 0 bridgehead atoms. The maximum atomic E-state index is 12.0. The van der Waals surface area contributed by atoms with E-state index in [0.29, 0.717) is 33.0 Å². The van der Waals surface area contributed by atoms with Crippen LogP contribution in [0.3, 0.4) is 0 Å². The molecule has 144 valence electrons. The van der Waals surface area contributed by atoms with E-state index in [-0.39, 0.29) is 11.4 Å². The molecular weight excluding hydrogens is 388 g/mol. The lowest BCUT2D eigenvalue weighted by molar-refractivity contribution is -0.135. The molecule has 0 spiro atoms. The molecular formula is C19H15ClN2O6. The second-order valence-electron chi connectivity index (χ2n) is 5.68. The molecule has 0 aliphatic heterocycles. The zero-order valence-corrected chi connectivity index (χ0v) is 15.4. The average Bonchev–Trinajstić information content (AvgIpc) is 2.66. The predicted molar refractivity (Wildman–Crippen MR) is 101 cm³/mol. The van der Waals surface area contributed by atoms with Crippen molar-refractivity contribution in [3.8, 4) is 23.0 Å². The van der Waals surface area contributed by atoms with Gasteiger partial charge in [-0.25, -0.2) is 4.98 Å². The van der Waals surface area contributed by atoms with Crippen molar-refractivity contribution in [3.63, 3.8) is 0 Å². The van der Waals surface area contributed by atoms with Gasteiger partial charge in [0.25, 0.3) is 5.91 Å². The summed E-state index contributed by atoms with van der Waals surface area (Å²) < 4.78 is 10.8. The van der Waals surface area contributed by atoms with Crippen LogP contribution < -0.4 is 14.8 Å². The molecule has 28 heavy (non-hydrogen) atoms. The molecule has 3 N–H and O–H groups in total. The Morgan fingerprint density at radius 2 is 1.89 bits per heavy atom. The number of benzene rings is 2. The Kier molecular flexibility index (Phi) is 5.51. The number of carboxylic acids is 1. The summed E-state index contributed by atoms with van der Waals surface area (Å²) in [5.74, 6) is -0.844. The Labute approximate surface area is 164 Å². The van der Waals surface area contributed by atoms with Gasteiger partial charge in [0.1, 0.15) is 23.8 Å². The van der Waals surface area contributed by atoms with Crippen LogP contribution in [0.25, 0.3) is 10.8 Å². The number of hydrogen-bond acceptors (Lipinski definition) is 6. The van der Waals surface area contributed by atoms with Gasteiger partial charge in [-0.2, -0.15) is 0 Å². The predicted octanol–water partition coefficient (Wildman–Crippen LogP) is 3.21. The topological polar surface area (TPSA) is 118 Å². The number of carbonyl (C=O) groups excluding carboxylic acids is 1. The fourth-order valence-corrected chi connectivity index (χ4v) is 2.75. The summed E-state index contributed by atoms with van der Waals surface area (Å²) in [7, 11) is 1.51. The van der Waals surface area contributed by atoms with E-state index in [9.17, 15) is 14.7 Å². The van der Waals surface area contributed by atoms with Crippen LogP contribution in [0.5, 0.6) is 23.0 Å². The molecule has 0 unspecified atom stereocenters. The zero-order chi connectivity index (χ0) is 20.3. The van der Waals surface area contributed by atoms with Crippen molar-refractivity contribution in [1.29, 1.82) is 0 Å². The standard InChI is InChI=1S/C19H15ClN2O6/c1-27-15-5-3-12(7-14(15)20)28-11-2-4-13-10(6-11)8-21-17(18(13)25)19(26)22-9-16(23)24/h2-8,25H,9H2,1H3,(H,22,26)(H,23,24). The highest BCUT2D eigenvalue weighted by atomic mass is 35.5. The van der Waals surface area contributed by atoms with Gasteiger partial charge in [0.15, 0.2) is 11.4 Å². The Balaban J connectivity index is 1.86. The molecule has 3 aromatic rings. The number of pyridine rings is 1. The Bertz CT molecular complexity index is 1070. The first-order valence-electron chi connectivity index (χ1n) is 8.02. The summed E-state index contributed by atoms with van der Waals surface area (Å²) in [4.78, 5) is 26.4. The number of aliphatic carboxylic acids is 1. The number of aromatic nitrogens is 1. The first-order valence-corrected chi connectivity index (χ1v) is 8.40. The summed E-state index contributed by atoms with van der Waals surface area (Å²) in [6.07, 6.45) is 1.39. The molecule has 1 amide bonds. The van der Waals surface area contributed by atoms with Gasteiger partial charge in [0.2, 0.25) is 0 Å². The molecule has 8 nitrogen and oxygen atoms in total. The van der Waals surface area contributed by atoms with Gasteiger partial charge in [0.05, 0.1) is 12.1 Å². The van der Waals surface area contributed by atoms with Crippen molar-refractivity contribution >= 4 is 34.2 Å². The second kappa shape index (κ2) is 8.01. The van der Waals surface area contributed by atoms with Crippen molar-refractivity contribution in [2.45, 2.75) is 0 Å². The normalized spacial score (nSPS) is 10.5. The molecule has 1 aromatic heterocycles. The third-order valence-corrected chi connectivity index (χ3v) is 4.10. The molecule has 1 heterocycles. The summed E-state index contributed by atoms with van der Waals surface area (Å²) >= 11 is 6.08. The van der Waals surface area contributed by atoms with E-state index in [4.69, 9.17) is 26.2 Å². The number of aromatic hydroxyl groups is 1. The molecule has 3 rings (SSSR count). The van der Waals surface area contributed by atoms with Crippen LogP contribution in [0.4, 0.5) is 0 Å². The molecule has 9 heteroatoms. The summed E-state index contributed by atoms with van der Waals surface area (Å²) in [5.41, 5.74) is -0.260. The molecule has 0 saturated carbocycles. The number of carboxylic acid groups (broad SMARTS) is 1. The molecule has 0 radical (unpaired) electrons. The van der Waals surface area contributed by atoms with Gasteiger partial charge >= 0.3 is 5.97 Å². The first kappa shape index (κ1) is 19.2. The number of methoxy groups -OCH3 is 1. The lowest BCUT2D eigenvalue weighted by Gasteiger charge is -2.10. The molecule has 0 fully saturated rings. The first-order chi connectivity index (χ1) is 13.4. The highest BCUT2D eigenvalue weighted by Gasteiger charge is 2.17. The van der Waals surface area contributed by atoms with E-state index < -0.39 is 18.4 Å². The van der Waals surface area contributed by atoms with Gasteiger partial charge in [-0.15, -0.1) is 0 Å². The lowest BCUT2D eigenvalue weighted by Crippen LogP contribution is -2.29. The fraction of sp³-hybridized carbons (Fsp3) is 0.105. The largest absolute Gasteiger partial charge is 0.505 e. The van der Waals surface area contributed by atoms with Crippen LogP contribution in [0.1, 0.15) is 10.5 Å².